The summed E-state index contributed by atoms with van der Waals surface area (Å²) in [6.07, 6.45) is 3.90. The van der Waals surface area contributed by atoms with E-state index in [0.717, 1.165) is 35.6 Å². The first kappa shape index (κ1) is 33.9. The topological polar surface area (TPSA) is 96.0 Å². The maximum Gasteiger partial charge on any atom is 0.264 e. The molecule has 1 aliphatic carbocycles. The first-order valence-corrected chi connectivity index (χ1v) is 17.3. The quantitative estimate of drug-likeness (QED) is 0.177. The van der Waals surface area contributed by atoms with Gasteiger partial charge in [-0.05, 0) is 84.6 Å². The molecule has 0 radical (unpaired) electrons. The summed E-state index contributed by atoms with van der Waals surface area (Å²) in [7, 11) is -2.81. The number of ether oxygens (including phenoxy) is 1. The highest BCUT2D eigenvalue weighted by molar-refractivity contribution is 7.92. The van der Waals surface area contributed by atoms with E-state index in [0.29, 0.717) is 16.3 Å². The number of rotatable bonds is 13. The van der Waals surface area contributed by atoms with E-state index in [-0.39, 0.29) is 35.5 Å². The second kappa shape index (κ2) is 15.5. The number of nitrogens with zero attached hydrogens (tertiary/aromatic N) is 2. The summed E-state index contributed by atoms with van der Waals surface area (Å²) in [5.41, 5.74) is 1.63. The Morgan fingerprint density at radius 3 is 2.15 bits per heavy atom. The minimum atomic E-state index is -4.29. The van der Waals surface area contributed by atoms with Gasteiger partial charge in [0.2, 0.25) is 11.8 Å². The molecule has 0 spiro atoms. The Morgan fingerprint density at radius 1 is 0.894 bits per heavy atom. The molecule has 0 aliphatic heterocycles. The average molecular weight is 678 g/mol. The van der Waals surface area contributed by atoms with Crippen LogP contribution in [0, 0.1) is 5.82 Å². The molecule has 246 valence electrons. The monoisotopic (exact) mass is 677 g/mol. The van der Waals surface area contributed by atoms with Crippen molar-refractivity contribution in [3.8, 4) is 5.75 Å². The lowest BCUT2D eigenvalue weighted by atomic mass is 10.0. The summed E-state index contributed by atoms with van der Waals surface area (Å²) in [5.74, 6) is -0.900. The van der Waals surface area contributed by atoms with Crippen molar-refractivity contribution in [3.63, 3.8) is 0 Å². The Hall–Kier alpha value is -4.41. The second-order valence-electron chi connectivity index (χ2n) is 11.5. The molecule has 1 aliphatic rings. The first-order chi connectivity index (χ1) is 22.6. The molecule has 4 aromatic carbocycles. The summed E-state index contributed by atoms with van der Waals surface area (Å²) in [5, 5.41) is 3.53. The summed E-state index contributed by atoms with van der Waals surface area (Å²) in [4.78, 5) is 29.9. The van der Waals surface area contributed by atoms with Gasteiger partial charge in [-0.15, -0.1) is 0 Å². The number of carbonyl (C=O) groups excluding carboxylic acids is 2. The van der Waals surface area contributed by atoms with Gasteiger partial charge in [-0.25, -0.2) is 12.8 Å². The number of anilines is 1. The van der Waals surface area contributed by atoms with Gasteiger partial charge in [0, 0.05) is 24.0 Å². The lowest BCUT2D eigenvalue weighted by molar-refractivity contribution is -0.140. The van der Waals surface area contributed by atoms with Gasteiger partial charge in [0.15, 0.2) is 0 Å². The van der Waals surface area contributed by atoms with Crippen molar-refractivity contribution in [2.45, 2.75) is 55.6 Å². The van der Waals surface area contributed by atoms with Gasteiger partial charge >= 0.3 is 0 Å². The maximum atomic E-state index is 14.5. The molecule has 1 fully saturated rings. The Morgan fingerprint density at radius 2 is 1.53 bits per heavy atom. The largest absolute Gasteiger partial charge is 0.497 e. The number of halogens is 2. The van der Waals surface area contributed by atoms with Crippen molar-refractivity contribution < 1.29 is 27.1 Å². The van der Waals surface area contributed by atoms with E-state index in [2.05, 4.69) is 5.32 Å². The van der Waals surface area contributed by atoms with Crippen molar-refractivity contribution in [1.29, 1.82) is 0 Å². The Labute approximate surface area is 280 Å². The summed E-state index contributed by atoms with van der Waals surface area (Å²) in [6, 6.07) is 26.0. The molecule has 11 heteroatoms. The van der Waals surface area contributed by atoms with E-state index in [1.54, 1.807) is 24.3 Å². The third-order valence-electron chi connectivity index (χ3n) is 8.28. The minimum absolute atomic E-state index is 0.00966. The highest BCUT2D eigenvalue weighted by atomic mass is 35.5. The first-order valence-electron chi connectivity index (χ1n) is 15.4. The van der Waals surface area contributed by atoms with Crippen molar-refractivity contribution in [3.05, 3.63) is 125 Å². The van der Waals surface area contributed by atoms with Crippen molar-refractivity contribution in [2.24, 2.45) is 0 Å². The zero-order valence-electron chi connectivity index (χ0n) is 26.0. The lowest BCUT2D eigenvalue weighted by Crippen LogP contribution is -2.54. The number of methoxy groups -OCH3 is 1. The molecule has 0 heterocycles. The third kappa shape index (κ3) is 8.69. The molecule has 1 N–H and O–H groups in total. The number of carbonyl (C=O) groups is 2. The highest BCUT2D eigenvalue weighted by Gasteiger charge is 2.35. The molecular weight excluding hydrogens is 641 g/mol. The van der Waals surface area contributed by atoms with Gasteiger partial charge in [0.05, 0.1) is 17.7 Å². The van der Waals surface area contributed by atoms with Crippen LogP contribution in [0.4, 0.5) is 10.1 Å². The zero-order valence-corrected chi connectivity index (χ0v) is 27.6. The SMILES string of the molecule is COc1ccc(S(=O)(=O)N(CC(=O)N(Cc2ccc(F)cc2)[C@@H](Cc2ccccc2)C(=O)NC2CCCC2)c2ccc(Cl)cc2)cc1. The van der Waals surface area contributed by atoms with Gasteiger partial charge in [-0.1, -0.05) is 66.9 Å². The maximum absolute atomic E-state index is 14.5. The standard InChI is InChI=1S/C36H37ClFN3O5S/c1-46-32-19-21-33(22-20-32)47(44,45)41(31-17-13-28(37)14-18-31)25-35(42)40(24-27-11-15-29(38)16-12-27)34(23-26-7-3-2-4-8-26)36(43)39-30-9-5-6-10-30/h2-4,7-8,11-22,30,34H,5-6,9-10,23-25H2,1H3,(H,39,43)/t34-/m0/s1. The Balaban J connectivity index is 1.55. The molecule has 8 nitrogen and oxygen atoms in total. The summed E-state index contributed by atoms with van der Waals surface area (Å²) < 4.78 is 48.4. The van der Waals surface area contributed by atoms with E-state index in [9.17, 15) is 22.4 Å². The van der Waals surface area contributed by atoms with E-state index >= 15 is 0 Å². The third-order valence-corrected chi connectivity index (χ3v) is 10.3. The summed E-state index contributed by atoms with van der Waals surface area (Å²) in [6.45, 7) is -0.662. The van der Waals surface area contributed by atoms with Gasteiger partial charge in [0.25, 0.3) is 10.0 Å². The molecule has 0 saturated heterocycles. The van der Waals surface area contributed by atoms with E-state index < -0.39 is 34.3 Å². The number of nitrogens with one attached hydrogen (secondary N) is 1. The van der Waals surface area contributed by atoms with Crippen LogP contribution in [0.1, 0.15) is 36.8 Å². The average Bonchev–Trinajstić information content (AvgIpc) is 3.60. The van der Waals surface area contributed by atoms with Crippen LogP contribution >= 0.6 is 11.6 Å². The molecular formula is C36H37ClFN3O5S. The van der Waals surface area contributed by atoms with Crippen LogP contribution in [0.2, 0.25) is 5.02 Å². The number of sulfonamides is 1. The van der Waals surface area contributed by atoms with Crippen LogP contribution in [-0.4, -0.2) is 50.9 Å². The van der Waals surface area contributed by atoms with Gasteiger partial charge in [-0.3, -0.25) is 13.9 Å². The van der Waals surface area contributed by atoms with E-state index in [1.807, 2.05) is 30.3 Å². The van der Waals surface area contributed by atoms with Gasteiger partial charge in [-0.2, -0.15) is 0 Å². The van der Waals surface area contributed by atoms with Gasteiger partial charge < -0.3 is 15.0 Å². The van der Waals surface area contributed by atoms with Crippen LogP contribution < -0.4 is 14.4 Å². The van der Waals surface area contributed by atoms with Crippen LogP contribution in [0.15, 0.2) is 108 Å². The highest BCUT2D eigenvalue weighted by Crippen LogP contribution is 2.28. The Kier molecular flexibility index (Phi) is 11.2. The number of hydrogen-bond acceptors (Lipinski definition) is 5. The molecule has 1 atom stereocenters. The molecule has 5 rings (SSSR count). The molecule has 0 aromatic heterocycles. The van der Waals surface area contributed by atoms with Crippen molar-refractivity contribution in [1.82, 2.24) is 10.2 Å². The van der Waals surface area contributed by atoms with Crippen LogP contribution in [0.3, 0.4) is 0 Å². The second-order valence-corrected chi connectivity index (χ2v) is 13.8. The smallest absolute Gasteiger partial charge is 0.264 e. The molecule has 1 saturated carbocycles. The predicted octanol–water partition coefficient (Wildman–Crippen LogP) is 6.38. The van der Waals surface area contributed by atoms with Crippen molar-refractivity contribution in [2.75, 3.05) is 18.0 Å². The fourth-order valence-corrected chi connectivity index (χ4v) is 7.26. The van der Waals surface area contributed by atoms with Crippen LogP contribution in [0.25, 0.3) is 0 Å². The van der Waals surface area contributed by atoms with Crippen molar-refractivity contribution >= 4 is 39.1 Å². The number of benzene rings is 4. The molecule has 47 heavy (non-hydrogen) atoms. The normalized spacial score (nSPS) is 13.9. The fraction of sp³-hybridized carbons (Fsp3) is 0.278. The predicted molar refractivity (Wildman–Crippen MR) is 180 cm³/mol. The Bertz CT molecular complexity index is 1750. The lowest BCUT2D eigenvalue weighted by Gasteiger charge is -2.34. The zero-order chi connectivity index (χ0) is 33.4. The van der Waals surface area contributed by atoms with E-state index in [4.69, 9.17) is 16.3 Å². The van der Waals surface area contributed by atoms with Crippen LogP contribution in [0.5, 0.6) is 5.75 Å². The molecule has 2 amide bonds. The summed E-state index contributed by atoms with van der Waals surface area (Å²) >= 11 is 6.13. The van der Waals surface area contributed by atoms with Crippen LogP contribution in [-0.2, 0) is 32.6 Å². The molecule has 4 aromatic rings. The number of amides is 2. The fourth-order valence-electron chi connectivity index (χ4n) is 5.72. The molecule has 0 unspecified atom stereocenters. The minimum Gasteiger partial charge on any atom is -0.497 e. The van der Waals surface area contributed by atoms with Gasteiger partial charge in [0.1, 0.15) is 24.2 Å². The number of hydrogen-bond donors (Lipinski definition) is 1. The van der Waals surface area contributed by atoms with E-state index in [1.165, 1.54) is 60.5 Å². The molecule has 0 bridgehead atoms.